The Balaban J connectivity index is 2.31. The monoisotopic (exact) mass is 347 g/mol. The molecule has 0 N–H and O–H groups in total. The van der Waals surface area contributed by atoms with Gasteiger partial charge in [0, 0.05) is 5.56 Å². The van der Waals surface area contributed by atoms with Crippen LogP contribution in [0, 0.1) is 0 Å². The van der Waals surface area contributed by atoms with Gasteiger partial charge in [0.25, 0.3) is 0 Å². The summed E-state index contributed by atoms with van der Waals surface area (Å²) in [6, 6.07) is 9.37. The fourth-order valence-electron chi connectivity index (χ4n) is 2.07. The molecule has 0 aliphatic heterocycles. The van der Waals surface area contributed by atoms with E-state index in [9.17, 15) is 9.59 Å². The Kier molecular flexibility index (Phi) is 5.72. The zero-order valence-corrected chi connectivity index (χ0v) is 15.1. The second-order valence-electron chi connectivity index (χ2n) is 6.14. The van der Waals surface area contributed by atoms with Crippen molar-refractivity contribution in [2.45, 2.75) is 39.7 Å². The van der Waals surface area contributed by atoms with Crippen LogP contribution in [0.1, 0.15) is 42.4 Å². The zero-order chi connectivity index (χ0) is 17.7. The molecule has 0 atom stereocenters. The summed E-state index contributed by atoms with van der Waals surface area (Å²) in [5.41, 5.74) is 0.797. The Morgan fingerprint density at radius 1 is 1.17 bits per heavy atom. The van der Waals surface area contributed by atoms with Gasteiger partial charge in [-0.05, 0) is 27.7 Å². The van der Waals surface area contributed by atoms with Crippen molar-refractivity contribution < 1.29 is 19.1 Å². The van der Waals surface area contributed by atoms with Gasteiger partial charge in [-0.2, -0.15) is 0 Å². The van der Waals surface area contributed by atoms with Gasteiger partial charge in [0.2, 0.25) is 0 Å². The smallest absolute Gasteiger partial charge is 0.350 e. The van der Waals surface area contributed by atoms with E-state index < -0.39 is 11.6 Å². The predicted octanol–water partition coefficient (Wildman–Crippen LogP) is 3.87. The lowest BCUT2D eigenvalue weighted by Crippen LogP contribution is -2.24. The first-order chi connectivity index (χ1) is 11.3. The number of hydrogen-bond donors (Lipinski definition) is 0. The first-order valence-electron chi connectivity index (χ1n) is 7.74. The topological polar surface area (TPSA) is 65.5 Å². The Morgan fingerprint density at radius 3 is 2.42 bits per heavy atom. The van der Waals surface area contributed by atoms with Crippen molar-refractivity contribution in [1.82, 2.24) is 4.98 Å². The third kappa shape index (κ3) is 4.89. The molecule has 1 aromatic carbocycles. The van der Waals surface area contributed by atoms with E-state index in [1.807, 2.05) is 51.1 Å². The maximum Gasteiger partial charge on any atom is 0.350 e. The molecule has 0 bridgehead atoms. The number of thiazole rings is 1. The van der Waals surface area contributed by atoms with E-state index in [1.165, 1.54) is 11.3 Å². The van der Waals surface area contributed by atoms with Crippen molar-refractivity contribution in [3.63, 3.8) is 0 Å². The predicted molar refractivity (Wildman–Crippen MR) is 93.1 cm³/mol. The van der Waals surface area contributed by atoms with Crippen LogP contribution in [-0.4, -0.2) is 29.1 Å². The van der Waals surface area contributed by atoms with E-state index in [1.54, 1.807) is 6.92 Å². The highest BCUT2D eigenvalue weighted by atomic mass is 32.1. The van der Waals surface area contributed by atoms with Gasteiger partial charge in [-0.25, -0.2) is 9.78 Å². The van der Waals surface area contributed by atoms with Crippen LogP contribution in [0.2, 0.25) is 0 Å². The molecule has 0 unspecified atom stereocenters. The molecule has 24 heavy (non-hydrogen) atoms. The molecule has 0 aliphatic rings. The number of esters is 2. The quantitative estimate of drug-likeness (QED) is 0.768. The Labute approximate surface area is 145 Å². The standard InChI is InChI=1S/C18H21NO4S/c1-5-22-17(21)16-15(12-9-7-6-8-10-12)19-13(24-16)11-14(20)23-18(2,3)4/h6-10H,5,11H2,1-4H3. The molecule has 1 heterocycles. The van der Waals surface area contributed by atoms with Gasteiger partial charge in [0.1, 0.15) is 15.5 Å². The summed E-state index contributed by atoms with van der Waals surface area (Å²) in [4.78, 5) is 29.1. The summed E-state index contributed by atoms with van der Waals surface area (Å²) in [6.07, 6.45) is 0.0289. The maximum absolute atomic E-state index is 12.2. The molecule has 2 rings (SSSR count). The summed E-state index contributed by atoms with van der Waals surface area (Å²) in [7, 11) is 0. The van der Waals surface area contributed by atoms with Crippen molar-refractivity contribution in [2.75, 3.05) is 6.61 Å². The van der Waals surface area contributed by atoms with Crippen molar-refractivity contribution >= 4 is 23.3 Å². The average Bonchev–Trinajstić information content (AvgIpc) is 2.90. The van der Waals surface area contributed by atoms with E-state index >= 15 is 0 Å². The third-order valence-corrected chi connectivity index (χ3v) is 3.93. The molecule has 0 radical (unpaired) electrons. The lowest BCUT2D eigenvalue weighted by molar-refractivity contribution is -0.153. The molecule has 2 aromatic rings. The average molecular weight is 347 g/mol. The molecule has 0 saturated carbocycles. The van der Waals surface area contributed by atoms with Crippen molar-refractivity contribution in [3.05, 3.63) is 40.2 Å². The van der Waals surface area contributed by atoms with Crippen LogP contribution in [0.25, 0.3) is 11.3 Å². The summed E-state index contributed by atoms with van der Waals surface area (Å²) < 4.78 is 10.4. The first-order valence-corrected chi connectivity index (χ1v) is 8.56. The van der Waals surface area contributed by atoms with Gasteiger partial charge >= 0.3 is 11.9 Å². The first kappa shape index (κ1) is 18.1. The largest absolute Gasteiger partial charge is 0.462 e. The van der Waals surface area contributed by atoms with E-state index in [4.69, 9.17) is 9.47 Å². The minimum Gasteiger partial charge on any atom is -0.462 e. The SMILES string of the molecule is CCOC(=O)c1sc(CC(=O)OC(C)(C)C)nc1-c1ccccc1. The molecule has 0 spiro atoms. The normalized spacial score (nSPS) is 11.2. The van der Waals surface area contributed by atoms with Crippen molar-refractivity contribution in [1.29, 1.82) is 0 Å². The summed E-state index contributed by atoms with van der Waals surface area (Å²) in [5.74, 6) is -0.796. The van der Waals surface area contributed by atoms with Crippen molar-refractivity contribution in [3.8, 4) is 11.3 Å². The van der Waals surface area contributed by atoms with E-state index in [0.717, 1.165) is 5.56 Å². The maximum atomic E-state index is 12.2. The second kappa shape index (κ2) is 7.57. The number of aromatic nitrogens is 1. The Bertz CT molecular complexity index is 716. The Hall–Kier alpha value is -2.21. The zero-order valence-electron chi connectivity index (χ0n) is 14.3. The van der Waals surface area contributed by atoms with Crippen LogP contribution in [-0.2, 0) is 20.7 Å². The lowest BCUT2D eigenvalue weighted by atomic mass is 10.1. The molecule has 0 aliphatic carbocycles. The molecule has 1 aromatic heterocycles. The molecule has 5 nitrogen and oxygen atoms in total. The molecule has 0 fully saturated rings. The highest BCUT2D eigenvalue weighted by Gasteiger charge is 2.23. The lowest BCUT2D eigenvalue weighted by Gasteiger charge is -2.18. The molecular weight excluding hydrogens is 326 g/mol. The van der Waals surface area contributed by atoms with Crippen LogP contribution >= 0.6 is 11.3 Å². The van der Waals surface area contributed by atoms with Crippen LogP contribution in [0.4, 0.5) is 0 Å². The second-order valence-corrected chi connectivity index (χ2v) is 7.22. The number of nitrogens with zero attached hydrogens (tertiary/aromatic N) is 1. The molecule has 6 heteroatoms. The van der Waals surface area contributed by atoms with Gasteiger partial charge < -0.3 is 9.47 Å². The number of benzene rings is 1. The van der Waals surface area contributed by atoms with Crippen molar-refractivity contribution in [2.24, 2.45) is 0 Å². The molecule has 0 amide bonds. The Morgan fingerprint density at radius 2 is 1.83 bits per heavy atom. The summed E-state index contributed by atoms with van der Waals surface area (Å²) in [5, 5.41) is 0.533. The highest BCUT2D eigenvalue weighted by Crippen LogP contribution is 2.29. The van der Waals surface area contributed by atoms with Gasteiger partial charge in [-0.3, -0.25) is 4.79 Å². The molecular formula is C18H21NO4S. The van der Waals surface area contributed by atoms with Crippen LogP contribution in [0.5, 0.6) is 0 Å². The molecule has 128 valence electrons. The van der Waals surface area contributed by atoms with Gasteiger partial charge in [-0.15, -0.1) is 11.3 Å². The third-order valence-electron chi connectivity index (χ3n) is 2.90. The van der Waals surface area contributed by atoms with Crippen LogP contribution in [0.15, 0.2) is 30.3 Å². The molecule has 0 saturated heterocycles. The number of hydrogen-bond acceptors (Lipinski definition) is 6. The summed E-state index contributed by atoms with van der Waals surface area (Å²) in [6.45, 7) is 7.47. The fraction of sp³-hybridized carbons (Fsp3) is 0.389. The number of carbonyl (C=O) groups is 2. The highest BCUT2D eigenvalue weighted by molar-refractivity contribution is 7.14. The number of ether oxygens (including phenoxy) is 2. The van der Waals surface area contributed by atoms with Crippen LogP contribution < -0.4 is 0 Å². The fourth-order valence-corrected chi connectivity index (χ4v) is 3.03. The minimum absolute atomic E-state index is 0.0289. The van der Waals surface area contributed by atoms with Crippen LogP contribution in [0.3, 0.4) is 0 Å². The van der Waals surface area contributed by atoms with E-state index in [0.29, 0.717) is 15.6 Å². The summed E-state index contributed by atoms with van der Waals surface area (Å²) >= 11 is 1.17. The van der Waals surface area contributed by atoms with Gasteiger partial charge in [0.15, 0.2) is 0 Å². The minimum atomic E-state index is -0.555. The number of carbonyl (C=O) groups excluding carboxylic acids is 2. The van der Waals surface area contributed by atoms with E-state index in [2.05, 4.69) is 4.98 Å². The van der Waals surface area contributed by atoms with Gasteiger partial charge in [0.05, 0.1) is 18.7 Å². The van der Waals surface area contributed by atoms with E-state index in [-0.39, 0.29) is 19.0 Å². The van der Waals surface area contributed by atoms with Gasteiger partial charge in [-0.1, -0.05) is 30.3 Å². The number of rotatable bonds is 5.